The monoisotopic (exact) mass is 273 g/mol. The molecule has 1 unspecified atom stereocenters. The van der Waals surface area contributed by atoms with Crippen molar-refractivity contribution in [1.29, 1.82) is 5.26 Å². The highest BCUT2D eigenvalue weighted by Crippen LogP contribution is 2.16. The van der Waals surface area contributed by atoms with Crippen molar-refractivity contribution in [2.24, 2.45) is 0 Å². The topological polar surface area (TPSA) is 56.0 Å². The summed E-state index contributed by atoms with van der Waals surface area (Å²) in [5.74, 6) is 1.02. The Morgan fingerprint density at radius 2 is 2.00 bits per heavy atom. The summed E-state index contributed by atoms with van der Waals surface area (Å²) in [7, 11) is 0. The smallest absolute Gasteiger partial charge is 0.132 e. The van der Waals surface area contributed by atoms with E-state index in [2.05, 4.69) is 45.8 Å². The average Bonchev–Trinajstić information content (AvgIpc) is 2.50. The maximum atomic E-state index is 9.13. The lowest BCUT2D eigenvalue weighted by molar-refractivity contribution is 0.216. The van der Waals surface area contributed by atoms with E-state index in [4.69, 9.17) is 5.26 Å². The van der Waals surface area contributed by atoms with Gasteiger partial charge in [0.15, 0.2) is 0 Å². The summed E-state index contributed by atoms with van der Waals surface area (Å²) in [5, 5.41) is 9.13. The van der Waals surface area contributed by atoms with E-state index < -0.39 is 0 Å². The number of aromatic nitrogens is 2. The quantitative estimate of drug-likeness (QED) is 0.819. The Balaban J connectivity index is 1.97. The van der Waals surface area contributed by atoms with Gasteiger partial charge in [0.05, 0.1) is 12.1 Å². The average molecular weight is 273 g/mol. The first-order valence-corrected chi connectivity index (χ1v) is 7.48. The molecule has 2 heterocycles. The Bertz CT molecular complexity index is 460. The molecule has 1 atom stereocenters. The van der Waals surface area contributed by atoms with Crippen molar-refractivity contribution in [3.63, 3.8) is 0 Å². The summed E-state index contributed by atoms with van der Waals surface area (Å²) in [6.45, 7) is 7.95. The zero-order valence-corrected chi connectivity index (χ0v) is 12.4. The van der Waals surface area contributed by atoms with Gasteiger partial charge in [-0.25, -0.2) is 9.97 Å². The van der Waals surface area contributed by atoms with Crippen LogP contribution in [-0.4, -0.2) is 47.1 Å². The van der Waals surface area contributed by atoms with Gasteiger partial charge in [0.1, 0.15) is 12.1 Å². The number of nitrogens with zero attached hydrogens (tertiary/aromatic N) is 5. The molecule has 1 aromatic rings. The fourth-order valence-electron chi connectivity index (χ4n) is 2.65. The van der Waals surface area contributed by atoms with Crippen LogP contribution in [0.1, 0.15) is 32.4 Å². The Kier molecular flexibility index (Phi) is 5.31. The Labute approximate surface area is 121 Å². The van der Waals surface area contributed by atoms with Crippen LogP contribution >= 0.6 is 0 Å². The van der Waals surface area contributed by atoms with Crippen LogP contribution in [0.15, 0.2) is 12.4 Å². The highest BCUT2D eigenvalue weighted by molar-refractivity contribution is 5.39. The summed E-state index contributed by atoms with van der Waals surface area (Å²) in [6.07, 6.45) is 4.66. The van der Waals surface area contributed by atoms with E-state index in [0.717, 1.165) is 57.0 Å². The number of hydrogen-bond donors (Lipinski definition) is 0. The van der Waals surface area contributed by atoms with Crippen molar-refractivity contribution in [2.45, 2.75) is 39.2 Å². The second-order valence-corrected chi connectivity index (χ2v) is 5.19. The zero-order chi connectivity index (χ0) is 14.4. The van der Waals surface area contributed by atoms with Gasteiger partial charge in [0.25, 0.3) is 0 Å². The first kappa shape index (κ1) is 14.7. The van der Waals surface area contributed by atoms with Crippen LogP contribution in [0.3, 0.4) is 0 Å². The number of hydrogen-bond acceptors (Lipinski definition) is 5. The van der Waals surface area contributed by atoms with E-state index in [1.165, 1.54) is 0 Å². The third-order valence-electron chi connectivity index (χ3n) is 3.83. The van der Waals surface area contributed by atoms with Crippen LogP contribution in [-0.2, 0) is 6.42 Å². The lowest BCUT2D eigenvalue weighted by Crippen LogP contribution is -2.50. The molecule has 0 bridgehead atoms. The number of piperazine rings is 1. The summed E-state index contributed by atoms with van der Waals surface area (Å²) >= 11 is 0. The largest absolute Gasteiger partial charge is 0.354 e. The van der Waals surface area contributed by atoms with Crippen molar-refractivity contribution < 1.29 is 0 Å². The molecular formula is C15H23N5. The van der Waals surface area contributed by atoms with Gasteiger partial charge in [-0.05, 0) is 12.8 Å². The third-order valence-corrected chi connectivity index (χ3v) is 3.83. The van der Waals surface area contributed by atoms with Gasteiger partial charge in [-0.2, -0.15) is 5.26 Å². The van der Waals surface area contributed by atoms with Crippen LogP contribution in [0.5, 0.6) is 0 Å². The molecular weight excluding hydrogens is 250 g/mol. The minimum atomic E-state index is 0.0539. The fourth-order valence-corrected chi connectivity index (χ4v) is 2.65. The van der Waals surface area contributed by atoms with Gasteiger partial charge in [0, 0.05) is 37.9 Å². The van der Waals surface area contributed by atoms with Gasteiger partial charge >= 0.3 is 0 Å². The Morgan fingerprint density at radius 3 is 2.60 bits per heavy atom. The first-order chi connectivity index (χ1) is 9.78. The molecule has 0 saturated carbocycles. The molecule has 108 valence electrons. The standard InChI is InChI=1S/C15H23N5/c1-3-5-13-10-15(18-12-17-13)20-8-6-19(7-9-20)14(4-2)11-16/h10,12,14H,3-9H2,1-2H3. The summed E-state index contributed by atoms with van der Waals surface area (Å²) < 4.78 is 0. The molecule has 0 aromatic carbocycles. The normalized spacial score (nSPS) is 17.8. The molecule has 1 aliphatic rings. The maximum absolute atomic E-state index is 9.13. The van der Waals surface area contributed by atoms with E-state index in [1.54, 1.807) is 6.33 Å². The molecule has 0 N–H and O–H groups in total. The van der Waals surface area contributed by atoms with E-state index in [-0.39, 0.29) is 6.04 Å². The molecule has 0 amide bonds. The van der Waals surface area contributed by atoms with Gasteiger partial charge < -0.3 is 4.90 Å². The Hall–Kier alpha value is -1.67. The minimum absolute atomic E-state index is 0.0539. The number of aryl methyl sites for hydroxylation is 1. The van der Waals surface area contributed by atoms with Crippen LogP contribution in [0.4, 0.5) is 5.82 Å². The minimum Gasteiger partial charge on any atom is -0.354 e. The van der Waals surface area contributed by atoms with Crippen LogP contribution in [0.2, 0.25) is 0 Å². The highest BCUT2D eigenvalue weighted by atomic mass is 15.3. The highest BCUT2D eigenvalue weighted by Gasteiger charge is 2.23. The molecule has 0 aliphatic carbocycles. The van der Waals surface area contributed by atoms with E-state index >= 15 is 0 Å². The fraction of sp³-hybridized carbons (Fsp3) is 0.667. The Morgan fingerprint density at radius 1 is 1.25 bits per heavy atom. The van der Waals surface area contributed by atoms with Gasteiger partial charge in [-0.1, -0.05) is 20.3 Å². The first-order valence-electron chi connectivity index (χ1n) is 7.48. The van der Waals surface area contributed by atoms with E-state index in [9.17, 15) is 0 Å². The van der Waals surface area contributed by atoms with Crippen molar-refractivity contribution >= 4 is 5.82 Å². The van der Waals surface area contributed by atoms with Crippen LogP contribution in [0.25, 0.3) is 0 Å². The maximum Gasteiger partial charge on any atom is 0.132 e. The molecule has 1 aliphatic heterocycles. The van der Waals surface area contributed by atoms with Gasteiger partial charge in [0.2, 0.25) is 0 Å². The van der Waals surface area contributed by atoms with Crippen LogP contribution < -0.4 is 4.90 Å². The molecule has 1 aromatic heterocycles. The lowest BCUT2D eigenvalue weighted by Gasteiger charge is -2.37. The lowest BCUT2D eigenvalue weighted by atomic mass is 10.2. The molecule has 2 rings (SSSR count). The van der Waals surface area contributed by atoms with Gasteiger partial charge in [-0.3, -0.25) is 4.90 Å². The molecule has 1 fully saturated rings. The second kappa shape index (κ2) is 7.20. The third kappa shape index (κ3) is 3.45. The van der Waals surface area contributed by atoms with Crippen molar-refractivity contribution in [3.8, 4) is 6.07 Å². The molecule has 5 heteroatoms. The van der Waals surface area contributed by atoms with Crippen molar-refractivity contribution in [1.82, 2.24) is 14.9 Å². The summed E-state index contributed by atoms with van der Waals surface area (Å²) in [6, 6.07) is 4.54. The second-order valence-electron chi connectivity index (χ2n) is 5.19. The predicted octanol–water partition coefficient (Wildman–Crippen LogP) is 1.85. The van der Waals surface area contributed by atoms with Crippen molar-refractivity contribution in [3.05, 3.63) is 18.1 Å². The summed E-state index contributed by atoms with van der Waals surface area (Å²) in [4.78, 5) is 13.3. The molecule has 1 saturated heterocycles. The van der Waals surface area contributed by atoms with Crippen molar-refractivity contribution in [2.75, 3.05) is 31.1 Å². The van der Waals surface area contributed by atoms with Gasteiger partial charge in [-0.15, -0.1) is 0 Å². The summed E-state index contributed by atoms with van der Waals surface area (Å²) in [5.41, 5.74) is 1.11. The predicted molar refractivity (Wildman–Crippen MR) is 79.5 cm³/mol. The van der Waals surface area contributed by atoms with E-state index in [0.29, 0.717) is 0 Å². The molecule has 0 radical (unpaired) electrons. The molecule has 5 nitrogen and oxygen atoms in total. The zero-order valence-electron chi connectivity index (χ0n) is 12.4. The number of nitriles is 1. The van der Waals surface area contributed by atoms with Crippen LogP contribution in [0, 0.1) is 11.3 Å². The SMILES string of the molecule is CCCc1cc(N2CCN(C(C#N)CC)CC2)ncn1. The molecule has 20 heavy (non-hydrogen) atoms. The number of rotatable bonds is 5. The number of anilines is 1. The molecule has 0 spiro atoms. The van der Waals surface area contributed by atoms with E-state index in [1.807, 2.05) is 0 Å².